The van der Waals surface area contributed by atoms with E-state index in [0.29, 0.717) is 45.9 Å². The van der Waals surface area contributed by atoms with Crippen molar-refractivity contribution >= 4 is 5.91 Å². The summed E-state index contributed by atoms with van der Waals surface area (Å²) in [7, 11) is 0. The average molecular weight is 514 g/mol. The second-order valence-electron chi connectivity index (χ2n) is 9.20. The molecule has 0 aliphatic carbocycles. The van der Waals surface area contributed by atoms with Gasteiger partial charge in [0.15, 0.2) is 29.5 Å². The number of benzene rings is 2. The third-order valence-corrected chi connectivity index (χ3v) is 6.92. The van der Waals surface area contributed by atoms with E-state index in [0.717, 1.165) is 53.6 Å². The van der Waals surface area contributed by atoms with Gasteiger partial charge in [-0.2, -0.15) is 0 Å². The Labute approximate surface area is 222 Å². The van der Waals surface area contributed by atoms with Crippen molar-refractivity contribution in [3.8, 4) is 23.0 Å². The predicted octanol–water partition coefficient (Wildman–Crippen LogP) is 3.87. The molecule has 1 aliphatic rings. The van der Waals surface area contributed by atoms with E-state index in [1.165, 1.54) is 10.5 Å². The summed E-state index contributed by atoms with van der Waals surface area (Å²) in [4.78, 5) is 17.0. The molecule has 1 unspecified atom stereocenters. The minimum atomic E-state index is -0.103. The van der Waals surface area contributed by atoms with Gasteiger partial charge in [0.25, 0.3) is 5.91 Å². The van der Waals surface area contributed by atoms with E-state index in [1.807, 2.05) is 33.8 Å². The zero-order valence-corrected chi connectivity index (χ0v) is 23.5. The van der Waals surface area contributed by atoms with E-state index in [4.69, 9.17) is 18.9 Å². The molecule has 37 heavy (non-hydrogen) atoms. The molecule has 0 bridgehead atoms. The highest BCUT2D eigenvalue weighted by molar-refractivity contribution is 5.78. The van der Waals surface area contributed by atoms with Gasteiger partial charge in [0.05, 0.1) is 45.6 Å². The fourth-order valence-electron chi connectivity index (χ4n) is 5.03. The molecule has 1 atom stereocenters. The Bertz CT molecular complexity index is 1020. The number of ether oxygens (including phenoxy) is 4. The highest BCUT2D eigenvalue weighted by Crippen LogP contribution is 2.40. The maximum Gasteiger partial charge on any atom is 0.278 e. The normalized spacial score (nSPS) is 14.9. The number of rotatable bonds is 14. The summed E-state index contributed by atoms with van der Waals surface area (Å²) < 4.78 is 23.5. The van der Waals surface area contributed by atoms with Crippen LogP contribution < -0.4 is 23.8 Å². The minimum Gasteiger partial charge on any atom is -0.490 e. The maximum absolute atomic E-state index is 13.6. The number of fused-ring (bicyclic) bond motifs is 1. The molecule has 0 aromatic heterocycles. The van der Waals surface area contributed by atoms with Crippen molar-refractivity contribution in [2.24, 2.45) is 0 Å². The first kappa shape index (κ1) is 28.6. The molecule has 7 heteroatoms. The van der Waals surface area contributed by atoms with Gasteiger partial charge in [-0.15, -0.1) is 0 Å². The minimum absolute atomic E-state index is 0.103. The molecule has 2 aromatic carbocycles. The zero-order valence-electron chi connectivity index (χ0n) is 23.5. The van der Waals surface area contributed by atoms with Crippen molar-refractivity contribution in [1.29, 1.82) is 0 Å². The molecule has 0 fully saturated rings. The number of hydrogen-bond acceptors (Lipinski definition) is 5. The van der Waals surface area contributed by atoms with E-state index in [1.54, 1.807) is 0 Å². The summed E-state index contributed by atoms with van der Waals surface area (Å²) in [6.07, 6.45) is 1.48. The lowest BCUT2D eigenvalue weighted by molar-refractivity contribution is -0.888. The molecule has 1 N–H and O–H groups in total. The molecule has 0 saturated heterocycles. The number of carbonyl (C=O) groups is 1. The smallest absolute Gasteiger partial charge is 0.278 e. The summed E-state index contributed by atoms with van der Waals surface area (Å²) in [5.41, 5.74) is 3.45. The second-order valence-corrected chi connectivity index (χ2v) is 9.20. The SMILES string of the molecule is CCOc1ccc(CC2c3cc(OCC)c(OCC)cc3CCN2C(=O)C[NH+](CC)CC)cc1OCC. The van der Waals surface area contributed by atoms with E-state index < -0.39 is 0 Å². The van der Waals surface area contributed by atoms with Crippen LogP contribution >= 0.6 is 0 Å². The number of hydrogen-bond donors (Lipinski definition) is 1. The summed E-state index contributed by atoms with van der Waals surface area (Å²) >= 11 is 0. The van der Waals surface area contributed by atoms with Gasteiger partial charge in [0.2, 0.25) is 0 Å². The van der Waals surface area contributed by atoms with Crippen LogP contribution in [-0.4, -0.2) is 63.4 Å². The molecule has 2 aromatic rings. The van der Waals surface area contributed by atoms with Crippen molar-refractivity contribution in [1.82, 2.24) is 4.90 Å². The Kier molecular flexibility index (Phi) is 10.9. The van der Waals surface area contributed by atoms with Crippen LogP contribution in [0.25, 0.3) is 0 Å². The predicted molar refractivity (Wildman–Crippen MR) is 146 cm³/mol. The molecule has 1 amide bonds. The largest absolute Gasteiger partial charge is 0.490 e. The van der Waals surface area contributed by atoms with Gasteiger partial charge in [0.1, 0.15) is 0 Å². The monoisotopic (exact) mass is 513 g/mol. The molecular weight excluding hydrogens is 468 g/mol. The molecule has 204 valence electrons. The number of likely N-dealkylation sites (N-methyl/N-ethyl adjacent to an activating group) is 1. The number of amides is 1. The number of quaternary nitrogens is 1. The number of nitrogens with zero attached hydrogens (tertiary/aromatic N) is 1. The third kappa shape index (κ3) is 7.10. The first-order valence-corrected chi connectivity index (χ1v) is 13.9. The average Bonchev–Trinajstić information content (AvgIpc) is 2.89. The molecular formula is C30H45N2O5+. The van der Waals surface area contributed by atoms with Gasteiger partial charge in [-0.1, -0.05) is 6.07 Å². The Morgan fingerprint density at radius 3 is 1.97 bits per heavy atom. The van der Waals surface area contributed by atoms with E-state index in [9.17, 15) is 4.79 Å². The van der Waals surface area contributed by atoms with Gasteiger partial charge >= 0.3 is 0 Å². The van der Waals surface area contributed by atoms with E-state index in [2.05, 4.69) is 43.0 Å². The number of carbonyl (C=O) groups excluding carboxylic acids is 1. The highest BCUT2D eigenvalue weighted by Gasteiger charge is 2.34. The lowest BCUT2D eigenvalue weighted by Gasteiger charge is -2.38. The van der Waals surface area contributed by atoms with Crippen molar-refractivity contribution in [2.75, 3.05) is 52.6 Å². The fraction of sp³-hybridized carbons (Fsp3) is 0.567. The van der Waals surface area contributed by atoms with Crippen LogP contribution in [0.2, 0.25) is 0 Å². The van der Waals surface area contributed by atoms with Crippen molar-refractivity contribution < 1.29 is 28.6 Å². The topological polar surface area (TPSA) is 61.7 Å². The van der Waals surface area contributed by atoms with Gasteiger partial charge in [-0.3, -0.25) is 4.79 Å². The Balaban J connectivity index is 2.04. The van der Waals surface area contributed by atoms with Crippen molar-refractivity contribution in [3.63, 3.8) is 0 Å². The lowest BCUT2D eigenvalue weighted by Crippen LogP contribution is -3.12. The standard InChI is InChI=1S/C30H44N2O5/c1-7-31(8-2)21-30(33)32-16-15-23-19-28(36-11-5)29(37-12-6)20-24(23)25(32)17-22-13-14-26(34-9-3)27(18-22)35-10-4/h13-14,18-20,25H,7-12,15-17,21H2,1-6H3/p+1. The van der Waals surface area contributed by atoms with Gasteiger partial charge in [0, 0.05) is 6.54 Å². The first-order chi connectivity index (χ1) is 18.0. The summed E-state index contributed by atoms with van der Waals surface area (Å²) in [6.45, 7) is 17.5. The summed E-state index contributed by atoms with van der Waals surface area (Å²) in [5, 5.41) is 0. The van der Waals surface area contributed by atoms with Crippen LogP contribution in [0.1, 0.15) is 64.3 Å². The molecule has 3 rings (SSSR count). The summed E-state index contributed by atoms with van der Waals surface area (Å²) in [6, 6.07) is 10.2. The van der Waals surface area contributed by atoms with Gasteiger partial charge in [-0.25, -0.2) is 0 Å². The fourth-order valence-corrected chi connectivity index (χ4v) is 5.03. The van der Waals surface area contributed by atoms with Crippen LogP contribution in [0.4, 0.5) is 0 Å². The molecule has 0 spiro atoms. The molecule has 1 heterocycles. The molecule has 0 saturated carbocycles. The highest BCUT2D eigenvalue weighted by atomic mass is 16.5. The number of nitrogens with one attached hydrogen (secondary N) is 1. The Hall–Kier alpha value is -2.93. The molecule has 0 radical (unpaired) electrons. The van der Waals surface area contributed by atoms with Crippen LogP contribution in [-0.2, 0) is 17.6 Å². The van der Waals surface area contributed by atoms with Crippen LogP contribution in [0.5, 0.6) is 23.0 Å². The molecule has 7 nitrogen and oxygen atoms in total. The Morgan fingerprint density at radius 2 is 1.38 bits per heavy atom. The van der Waals surface area contributed by atoms with Crippen LogP contribution in [0, 0.1) is 0 Å². The molecule has 1 aliphatic heterocycles. The van der Waals surface area contributed by atoms with Gasteiger partial charge < -0.3 is 28.7 Å². The van der Waals surface area contributed by atoms with Crippen molar-refractivity contribution in [2.45, 2.75) is 60.4 Å². The summed E-state index contributed by atoms with van der Waals surface area (Å²) in [5.74, 6) is 3.18. The first-order valence-electron chi connectivity index (χ1n) is 13.9. The lowest BCUT2D eigenvalue weighted by atomic mass is 9.88. The van der Waals surface area contributed by atoms with Crippen molar-refractivity contribution in [3.05, 3.63) is 47.0 Å². The Morgan fingerprint density at radius 1 is 0.811 bits per heavy atom. The quantitative estimate of drug-likeness (QED) is 0.416. The van der Waals surface area contributed by atoms with Crippen LogP contribution in [0.15, 0.2) is 30.3 Å². The third-order valence-electron chi connectivity index (χ3n) is 6.92. The van der Waals surface area contributed by atoms with Gasteiger partial charge in [-0.05, 0) is 95.3 Å². The zero-order chi connectivity index (χ0) is 26.8. The van der Waals surface area contributed by atoms with E-state index >= 15 is 0 Å². The maximum atomic E-state index is 13.6. The van der Waals surface area contributed by atoms with E-state index in [-0.39, 0.29) is 11.9 Å². The second kappa shape index (κ2) is 14.1. The van der Waals surface area contributed by atoms with Crippen LogP contribution in [0.3, 0.4) is 0 Å².